The first-order valence-corrected chi connectivity index (χ1v) is 13.5. The number of amides is 1. The summed E-state index contributed by atoms with van der Waals surface area (Å²) < 4.78 is 36.3. The predicted molar refractivity (Wildman–Crippen MR) is 131 cm³/mol. The molecule has 1 saturated heterocycles. The molecule has 3 aromatic rings. The zero-order chi connectivity index (χ0) is 23.3. The molecule has 4 rings (SSSR count). The van der Waals surface area contributed by atoms with Gasteiger partial charge in [0.15, 0.2) is 0 Å². The molecule has 1 atom stereocenters. The van der Waals surface area contributed by atoms with Crippen molar-refractivity contribution in [3.63, 3.8) is 0 Å². The summed E-state index contributed by atoms with van der Waals surface area (Å²) >= 11 is 0.998. The van der Waals surface area contributed by atoms with Crippen LogP contribution in [0.5, 0.6) is 0 Å². The highest BCUT2D eigenvalue weighted by Gasteiger charge is 2.34. The number of aromatic nitrogens is 2. The largest absolute Gasteiger partial charge is 0.372 e. The fraction of sp³-hybridized carbons (Fsp3) is 0.435. The van der Waals surface area contributed by atoms with E-state index in [9.17, 15) is 13.2 Å². The van der Waals surface area contributed by atoms with E-state index in [1.54, 1.807) is 18.2 Å². The van der Waals surface area contributed by atoms with Crippen molar-refractivity contribution in [1.82, 2.24) is 18.4 Å². The number of hydrogen-bond acceptors (Lipinski definition) is 7. The molecule has 2 aromatic carbocycles. The van der Waals surface area contributed by atoms with Gasteiger partial charge in [0.1, 0.15) is 15.9 Å². The summed E-state index contributed by atoms with van der Waals surface area (Å²) in [5.74, 6) is -0.427. The number of para-hydroxylation sites is 1. The Balaban J connectivity index is 1.32. The summed E-state index contributed by atoms with van der Waals surface area (Å²) in [5.41, 5.74) is 2.14. The van der Waals surface area contributed by atoms with Crippen molar-refractivity contribution < 1.29 is 13.2 Å². The normalized spacial score (nSPS) is 17.2. The fourth-order valence-electron chi connectivity index (χ4n) is 4.24. The van der Waals surface area contributed by atoms with Crippen LogP contribution >= 0.6 is 11.7 Å². The van der Waals surface area contributed by atoms with E-state index >= 15 is 0 Å². The first kappa shape index (κ1) is 23.6. The summed E-state index contributed by atoms with van der Waals surface area (Å²) in [6, 6.07) is 15.2. The zero-order valence-electron chi connectivity index (χ0n) is 18.7. The van der Waals surface area contributed by atoms with Crippen LogP contribution in [0.2, 0.25) is 0 Å². The predicted octanol–water partition coefficient (Wildman–Crippen LogP) is 3.12. The van der Waals surface area contributed by atoms with Crippen molar-refractivity contribution in [3.05, 3.63) is 48.5 Å². The van der Waals surface area contributed by atoms with Crippen LogP contribution in [0.1, 0.15) is 26.2 Å². The molecule has 0 bridgehead atoms. The third-order valence-electron chi connectivity index (χ3n) is 6.03. The van der Waals surface area contributed by atoms with Crippen molar-refractivity contribution in [2.75, 3.05) is 37.6 Å². The Morgan fingerprint density at radius 2 is 2.00 bits per heavy atom. The smallest absolute Gasteiger partial charge is 0.245 e. The van der Waals surface area contributed by atoms with Gasteiger partial charge in [-0.1, -0.05) is 24.3 Å². The number of carbonyl (C=O) groups is 1. The van der Waals surface area contributed by atoms with Crippen molar-refractivity contribution >= 4 is 44.4 Å². The molecule has 33 heavy (non-hydrogen) atoms. The number of sulfonamides is 1. The van der Waals surface area contributed by atoms with E-state index in [0.29, 0.717) is 37.0 Å². The topological polar surface area (TPSA) is 95.5 Å². The van der Waals surface area contributed by atoms with E-state index in [-0.39, 0.29) is 23.3 Å². The second-order valence-corrected chi connectivity index (χ2v) is 10.6. The molecule has 2 heterocycles. The molecule has 1 amide bonds. The molecule has 0 spiro atoms. The molecule has 0 radical (unpaired) electrons. The van der Waals surface area contributed by atoms with Crippen LogP contribution in [-0.4, -0.2) is 60.1 Å². The average molecular weight is 488 g/mol. The summed E-state index contributed by atoms with van der Waals surface area (Å²) in [7, 11) is -3.74. The maximum Gasteiger partial charge on any atom is 0.245 e. The Bertz CT molecular complexity index is 1180. The Hall–Kier alpha value is -2.56. The molecule has 0 saturated carbocycles. The molecule has 8 nitrogen and oxygen atoms in total. The lowest BCUT2D eigenvalue weighted by atomic mass is 9.99. The number of fused-ring (bicyclic) bond motifs is 1. The minimum absolute atomic E-state index is 0.0776. The number of anilines is 1. The SMILES string of the molecule is CCN(CCCNC(=O)[C@@H]1CCCN(S(=O)(=O)c2cccc3nsnc23)C1)c1ccccc1. The molecule has 0 unspecified atom stereocenters. The first-order chi connectivity index (χ1) is 16.0. The highest BCUT2D eigenvalue weighted by molar-refractivity contribution is 7.89. The van der Waals surface area contributed by atoms with E-state index in [1.807, 2.05) is 18.2 Å². The van der Waals surface area contributed by atoms with Crippen LogP contribution in [0.3, 0.4) is 0 Å². The number of carbonyl (C=O) groups excluding carboxylic acids is 1. The van der Waals surface area contributed by atoms with E-state index in [2.05, 4.69) is 38.0 Å². The summed E-state index contributed by atoms with van der Waals surface area (Å²) in [6.07, 6.45) is 2.16. The lowest BCUT2D eigenvalue weighted by Crippen LogP contribution is -2.45. The van der Waals surface area contributed by atoms with Gasteiger partial charge in [-0.2, -0.15) is 13.1 Å². The molecule has 1 fully saturated rings. The maximum atomic E-state index is 13.3. The minimum atomic E-state index is -3.74. The van der Waals surface area contributed by atoms with Crippen LogP contribution in [0.4, 0.5) is 5.69 Å². The number of nitrogens with zero attached hydrogens (tertiary/aromatic N) is 4. The highest BCUT2D eigenvalue weighted by Crippen LogP contribution is 2.28. The van der Waals surface area contributed by atoms with Crippen molar-refractivity contribution in [3.8, 4) is 0 Å². The van der Waals surface area contributed by atoms with Crippen LogP contribution in [0, 0.1) is 5.92 Å². The molecule has 1 N–H and O–H groups in total. The third-order valence-corrected chi connectivity index (χ3v) is 8.47. The summed E-state index contributed by atoms with van der Waals surface area (Å²) in [4.78, 5) is 15.2. The van der Waals surface area contributed by atoms with Gasteiger partial charge in [-0.05, 0) is 50.5 Å². The van der Waals surface area contributed by atoms with Gasteiger partial charge in [0, 0.05) is 38.4 Å². The molecule has 1 aliphatic heterocycles. The fourth-order valence-corrected chi connectivity index (χ4v) is 6.51. The second kappa shape index (κ2) is 10.6. The first-order valence-electron chi connectivity index (χ1n) is 11.3. The number of piperidine rings is 1. The maximum absolute atomic E-state index is 13.3. The van der Waals surface area contributed by atoms with Crippen molar-refractivity contribution in [2.45, 2.75) is 31.1 Å². The lowest BCUT2D eigenvalue weighted by Gasteiger charge is -2.31. The second-order valence-electron chi connectivity index (χ2n) is 8.15. The monoisotopic (exact) mass is 487 g/mol. The van der Waals surface area contributed by atoms with Gasteiger partial charge >= 0.3 is 0 Å². The molecule has 0 aliphatic carbocycles. The van der Waals surface area contributed by atoms with Crippen LogP contribution in [0.25, 0.3) is 11.0 Å². The van der Waals surface area contributed by atoms with Gasteiger partial charge in [-0.25, -0.2) is 8.42 Å². The van der Waals surface area contributed by atoms with Crippen molar-refractivity contribution in [2.24, 2.45) is 5.92 Å². The molecule has 1 aromatic heterocycles. The molecular weight excluding hydrogens is 458 g/mol. The number of nitrogens with one attached hydrogen (secondary N) is 1. The zero-order valence-corrected chi connectivity index (χ0v) is 20.3. The number of benzene rings is 2. The van der Waals surface area contributed by atoms with Gasteiger partial charge in [0.05, 0.1) is 17.6 Å². The van der Waals surface area contributed by atoms with E-state index in [1.165, 1.54) is 9.99 Å². The molecular formula is C23H29N5O3S2. The van der Waals surface area contributed by atoms with E-state index in [0.717, 1.165) is 31.2 Å². The Kier molecular flexibility index (Phi) is 7.56. The number of hydrogen-bond donors (Lipinski definition) is 1. The average Bonchev–Trinajstić information content (AvgIpc) is 3.33. The van der Waals surface area contributed by atoms with Crippen LogP contribution in [0.15, 0.2) is 53.4 Å². The Labute approximate surface area is 199 Å². The van der Waals surface area contributed by atoms with Gasteiger partial charge in [0.25, 0.3) is 0 Å². The Morgan fingerprint density at radius 1 is 1.18 bits per heavy atom. The highest BCUT2D eigenvalue weighted by atomic mass is 32.2. The number of rotatable bonds is 9. The van der Waals surface area contributed by atoms with Crippen LogP contribution in [-0.2, 0) is 14.8 Å². The van der Waals surface area contributed by atoms with Crippen molar-refractivity contribution in [1.29, 1.82) is 0 Å². The molecule has 176 valence electrons. The van der Waals surface area contributed by atoms with Gasteiger partial charge in [0.2, 0.25) is 15.9 Å². The van der Waals surface area contributed by atoms with Gasteiger partial charge in [-0.3, -0.25) is 4.79 Å². The third kappa shape index (κ3) is 5.34. The molecule has 1 aliphatic rings. The summed E-state index contributed by atoms with van der Waals surface area (Å²) in [6.45, 7) is 5.02. The quantitative estimate of drug-likeness (QED) is 0.466. The Morgan fingerprint density at radius 3 is 2.79 bits per heavy atom. The minimum Gasteiger partial charge on any atom is -0.372 e. The van der Waals surface area contributed by atoms with E-state index in [4.69, 9.17) is 0 Å². The standard InChI is InChI=1S/C23H29N5O3S2/c1-2-27(19-10-4-3-5-11-19)15-8-14-24-23(29)18-9-7-16-28(17-18)33(30,31)21-13-6-12-20-22(21)26-32-25-20/h3-6,10-13,18H,2,7-9,14-17H2,1H3,(H,24,29)/t18-/m1/s1. The van der Waals surface area contributed by atoms with Gasteiger partial charge < -0.3 is 10.2 Å². The van der Waals surface area contributed by atoms with Crippen LogP contribution < -0.4 is 10.2 Å². The van der Waals surface area contributed by atoms with E-state index < -0.39 is 10.0 Å². The summed E-state index contributed by atoms with van der Waals surface area (Å²) in [5, 5.41) is 3.01. The lowest BCUT2D eigenvalue weighted by molar-refractivity contribution is -0.126. The molecule has 10 heteroatoms. The van der Waals surface area contributed by atoms with Gasteiger partial charge in [-0.15, -0.1) is 0 Å².